The van der Waals surface area contributed by atoms with E-state index in [-0.39, 0.29) is 0 Å². The lowest BCUT2D eigenvalue weighted by Crippen LogP contribution is -2.10. The highest BCUT2D eigenvalue weighted by Crippen LogP contribution is 2.36. The van der Waals surface area contributed by atoms with E-state index in [1.165, 1.54) is 33.4 Å². The van der Waals surface area contributed by atoms with Crippen LogP contribution in [0.4, 0.5) is 22.7 Å². The molecule has 0 radical (unpaired) electrons. The molecule has 0 aliphatic rings. The van der Waals surface area contributed by atoms with Crippen molar-refractivity contribution in [2.45, 2.75) is 92.9 Å². The van der Waals surface area contributed by atoms with Gasteiger partial charge in [0.2, 0.25) is 0 Å². The quantitative estimate of drug-likeness (QED) is 0.0957. The Balaban J connectivity index is 1.51. The Morgan fingerprint density at radius 2 is 0.722 bits per heavy atom. The number of hydrogen-bond acceptors (Lipinski definition) is 2. The molecule has 0 aliphatic carbocycles. The van der Waals surface area contributed by atoms with E-state index in [1.807, 2.05) is 24.3 Å². The molecule has 0 amide bonds. The summed E-state index contributed by atoms with van der Waals surface area (Å²) >= 11 is 0. The number of amidine groups is 2. The Bertz CT molecular complexity index is 2010. The van der Waals surface area contributed by atoms with Crippen molar-refractivity contribution < 1.29 is 0 Å². The maximum atomic E-state index is 5.20. The molecule has 5 rings (SSSR count). The summed E-state index contributed by atoms with van der Waals surface area (Å²) in [6.45, 7) is 21.9. The van der Waals surface area contributed by atoms with Gasteiger partial charge in [-0.05, 0) is 120 Å². The molecule has 54 heavy (non-hydrogen) atoms. The van der Waals surface area contributed by atoms with E-state index >= 15 is 0 Å². The number of rotatable bonds is 8. The summed E-state index contributed by atoms with van der Waals surface area (Å²) in [5.74, 6) is 15.9. The minimum atomic E-state index is 0.324. The van der Waals surface area contributed by atoms with Crippen LogP contribution in [0.5, 0.6) is 0 Å². The monoisotopic (exact) mass is 710 g/mol. The van der Waals surface area contributed by atoms with Crippen LogP contribution in [0.15, 0.2) is 119 Å². The van der Waals surface area contributed by atoms with Crippen LogP contribution in [-0.4, -0.2) is 11.7 Å². The van der Waals surface area contributed by atoms with E-state index in [4.69, 9.17) is 9.98 Å². The molecule has 0 heterocycles. The second-order valence-corrected chi connectivity index (χ2v) is 15.2. The van der Waals surface area contributed by atoms with E-state index in [2.05, 4.69) is 188 Å². The second-order valence-electron chi connectivity index (χ2n) is 15.2. The lowest BCUT2D eigenvalue weighted by atomic mass is 9.93. The topological polar surface area (TPSA) is 48.8 Å². The molecule has 0 saturated heterocycles. The zero-order valence-corrected chi connectivity index (χ0v) is 33.6. The zero-order chi connectivity index (χ0) is 38.8. The average Bonchev–Trinajstić information content (AvgIpc) is 3.14. The van der Waals surface area contributed by atoms with Gasteiger partial charge in [-0.2, -0.15) is 0 Å². The first-order chi connectivity index (χ1) is 25.9. The molecule has 0 atom stereocenters. The standard InChI is InChI=1S/C50H54N4/c1-33(2)43-13-11-14-44(34(3)4)49(43)53-47(51-41-27-17-37(9)18-28-41)31-25-39-21-23-40(24-22-39)26-32-48(52-42-29-19-38(10)20-30-42)54-50-45(35(5)6)15-12-16-46(50)36(7)8/h11-24,27-30,33-36H,1-10H3,(H,51,53)(H,52,54). The summed E-state index contributed by atoms with van der Waals surface area (Å²) in [5.41, 5.74) is 12.9. The fourth-order valence-corrected chi connectivity index (χ4v) is 6.13. The summed E-state index contributed by atoms with van der Waals surface area (Å²) in [7, 11) is 0. The number of benzene rings is 5. The van der Waals surface area contributed by atoms with Crippen LogP contribution in [0.2, 0.25) is 0 Å². The number of nitrogens with zero attached hydrogens (tertiary/aromatic N) is 2. The van der Waals surface area contributed by atoms with Gasteiger partial charge in [-0.1, -0.05) is 139 Å². The van der Waals surface area contributed by atoms with Gasteiger partial charge in [-0.3, -0.25) is 0 Å². The molecular weight excluding hydrogens is 657 g/mol. The van der Waals surface area contributed by atoms with Crippen molar-refractivity contribution in [3.05, 3.63) is 154 Å². The van der Waals surface area contributed by atoms with Gasteiger partial charge in [-0.25, -0.2) is 9.98 Å². The number of para-hydroxylation sites is 2. The first kappa shape index (κ1) is 39.4. The fourth-order valence-electron chi connectivity index (χ4n) is 6.13. The second kappa shape index (κ2) is 18.3. The SMILES string of the molecule is Cc1ccc(NC(C#Cc2ccc(C#CC(=Nc3c(C(C)C)cccc3C(C)C)Nc3ccc(C)cc3)cc2)=Nc2c(C(C)C)cccc2C(C)C)cc1. The van der Waals surface area contributed by atoms with Crippen LogP contribution >= 0.6 is 0 Å². The minimum absolute atomic E-state index is 0.324. The maximum absolute atomic E-state index is 5.20. The number of aryl methyl sites for hydroxylation is 2. The van der Waals surface area contributed by atoms with Gasteiger partial charge in [0.25, 0.3) is 0 Å². The molecule has 0 unspecified atom stereocenters. The van der Waals surface area contributed by atoms with E-state index < -0.39 is 0 Å². The summed E-state index contributed by atoms with van der Waals surface area (Å²) in [5, 5.41) is 7.00. The molecule has 2 N–H and O–H groups in total. The highest BCUT2D eigenvalue weighted by atomic mass is 15.0. The molecule has 4 nitrogen and oxygen atoms in total. The van der Waals surface area contributed by atoms with Gasteiger partial charge in [-0.15, -0.1) is 0 Å². The third-order valence-corrected chi connectivity index (χ3v) is 9.30. The minimum Gasteiger partial charge on any atom is -0.333 e. The van der Waals surface area contributed by atoms with Gasteiger partial charge in [0.1, 0.15) is 0 Å². The summed E-state index contributed by atoms with van der Waals surface area (Å²) in [4.78, 5) is 10.4. The van der Waals surface area contributed by atoms with Crippen LogP contribution in [0, 0.1) is 37.5 Å². The zero-order valence-electron chi connectivity index (χ0n) is 33.6. The molecule has 0 fully saturated rings. The molecule has 0 aromatic heterocycles. The van der Waals surface area contributed by atoms with E-state index in [0.29, 0.717) is 35.3 Å². The molecule has 274 valence electrons. The predicted molar refractivity (Wildman–Crippen MR) is 233 cm³/mol. The van der Waals surface area contributed by atoms with Gasteiger partial charge >= 0.3 is 0 Å². The summed E-state index contributed by atoms with van der Waals surface area (Å²) in [6.07, 6.45) is 0. The number of nitrogens with one attached hydrogen (secondary N) is 2. The Kier molecular flexibility index (Phi) is 13.3. The van der Waals surface area contributed by atoms with Crippen molar-refractivity contribution in [2.24, 2.45) is 9.98 Å². The first-order valence-corrected chi connectivity index (χ1v) is 19.1. The third kappa shape index (κ3) is 10.6. The largest absolute Gasteiger partial charge is 0.333 e. The Labute approximate surface area is 324 Å². The van der Waals surface area contributed by atoms with Crippen molar-refractivity contribution >= 4 is 34.4 Å². The Morgan fingerprint density at radius 1 is 0.426 bits per heavy atom. The molecular formula is C50H54N4. The first-order valence-electron chi connectivity index (χ1n) is 19.1. The predicted octanol–water partition coefficient (Wildman–Crippen LogP) is 13.2. The average molecular weight is 711 g/mol. The smallest absolute Gasteiger partial charge is 0.183 e. The Morgan fingerprint density at radius 3 is 1.00 bits per heavy atom. The molecule has 4 heteroatoms. The van der Waals surface area contributed by atoms with Crippen LogP contribution in [0.1, 0.15) is 124 Å². The van der Waals surface area contributed by atoms with Crippen LogP contribution in [-0.2, 0) is 0 Å². The summed E-state index contributed by atoms with van der Waals surface area (Å²) < 4.78 is 0. The Hall–Kier alpha value is -5.84. The number of anilines is 2. The molecule has 0 aliphatic heterocycles. The maximum Gasteiger partial charge on any atom is 0.183 e. The van der Waals surface area contributed by atoms with Gasteiger partial charge in [0, 0.05) is 22.5 Å². The summed E-state index contributed by atoms with van der Waals surface area (Å²) in [6, 6.07) is 37.6. The lowest BCUT2D eigenvalue weighted by molar-refractivity contribution is 0.834. The number of hydrogen-bond donors (Lipinski definition) is 2. The third-order valence-electron chi connectivity index (χ3n) is 9.30. The van der Waals surface area contributed by atoms with Crippen molar-refractivity contribution in [1.82, 2.24) is 0 Å². The highest BCUT2D eigenvalue weighted by molar-refractivity contribution is 6.10. The van der Waals surface area contributed by atoms with Gasteiger partial charge in [0.05, 0.1) is 11.4 Å². The highest BCUT2D eigenvalue weighted by Gasteiger charge is 2.16. The van der Waals surface area contributed by atoms with Gasteiger partial charge < -0.3 is 10.6 Å². The molecule has 0 saturated carbocycles. The van der Waals surface area contributed by atoms with Crippen LogP contribution in [0.3, 0.4) is 0 Å². The molecule has 5 aromatic carbocycles. The van der Waals surface area contributed by atoms with E-state index in [1.54, 1.807) is 0 Å². The van der Waals surface area contributed by atoms with Crippen molar-refractivity contribution in [1.29, 1.82) is 0 Å². The molecule has 0 spiro atoms. The van der Waals surface area contributed by atoms with Crippen molar-refractivity contribution in [3.8, 4) is 23.7 Å². The van der Waals surface area contributed by atoms with Crippen LogP contribution in [0.25, 0.3) is 0 Å². The van der Waals surface area contributed by atoms with Crippen molar-refractivity contribution in [3.63, 3.8) is 0 Å². The van der Waals surface area contributed by atoms with E-state index in [0.717, 1.165) is 33.9 Å². The normalized spacial score (nSPS) is 11.7. The lowest BCUT2D eigenvalue weighted by Gasteiger charge is -2.17. The van der Waals surface area contributed by atoms with Crippen LogP contribution < -0.4 is 10.6 Å². The molecule has 5 aromatic rings. The number of aliphatic imine (C=N–C) groups is 2. The fraction of sp³-hybridized carbons (Fsp3) is 0.280. The molecule has 0 bridgehead atoms. The van der Waals surface area contributed by atoms with Crippen molar-refractivity contribution in [2.75, 3.05) is 10.6 Å². The van der Waals surface area contributed by atoms with E-state index in [9.17, 15) is 0 Å². The van der Waals surface area contributed by atoms with Gasteiger partial charge in [0.15, 0.2) is 11.7 Å².